The highest BCUT2D eigenvalue weighted by atomic mass is 16.3. The number of carbonyl (C=O) groups is 1. The van der Waals surface area contributed by atoms with Crippen molar-refractivity contribution in [2.75, 3.05) is 44.7 Å². The minimum atomic E-state index is 0.0476. The Kier molecular flexibility index (Phi) is 8.16. The van der Waals surface area contributed by atoms with Crippen molar-refractivity contribution in [3.05, 3.63) is 54.0 Å². The number of anilines is 1. The third-order valence-corrected chi connectivity index (χ3v) is 8.35. The van der Waals surface area contributed by atoms with E-state index in [9.17, 15) is 9.90 Å². The number of phenols is 1. The first-order valence-electron chi connectivity index (χ1n) is 14.2. The molecule has 1 aliphatic carbocycles. The van der Waals surface area contributed by atoms with Crippen molar-refractivity contribution in [2.45, 2.75) is 58.0 Å². The molecular weight excluding hydrogens is 490 g/mol. The van der Waals surface area contributed by atoms with E-state index in [0.717, 1.165) is 80.7 Å². The Morgan fingerprint density at radius 3 is 2.46 bits per heavy atom. The lowest BCUT2D eigenvalue weighted by atomic mass is 9.97. The van der Waals surface area contributed by atoms with Gasteiger partial charge in [-0.3, -0.25) is 14.7 Å². The molecule has 2 aromatic rings. The zero-order valence-electron chi connectivity index (χ0n) is 23.4. The van der Waals surface area contributed by atoms with E-state index in [1.807, 2.05) is 25.1 Å². The summed E-state index contributed by atoms with van der Waals surface area (Å²) in [7, 11) is 1.82. The number of amides is 1. The van der Waals surface area contributed by atoms with Gasteiger partial charge < -0.3 is 20.2 Å². The number of nitrogens with one attached hydrogen (secondary N) is 1. The normalized spacial score (nSPS) is 21.2. The van der Waals surface area contributed by atoms with Gasteiger partial charge in [-0.05, 0) is 63.3 Å². The van der Waals surface area contributed by atoms with Crippen LogP contribution in [-0.4, -0.2) is 88.5 Å². The molecule has 9 nitrogen and oxygen atoms in total. The second-order valence-electron chi connectivity index (χ2n) is 11.0. The molecule has 1 unspecified atom stereocenters. The van der Waals surface area contributed by atoms with Crippen LogP contribution in [0.5, 0.6) is 5.75 Å². The van der Waals surface area contributed by atoms with Crippen LogP contribution in [0, 0.1) is 12.8 Å². The molecule has 1 saturated carbocycles. The summed E-state index contributed by atoms with van der Waals surface area (Å²) < 4.78 is 0. The third kappa shape index (κ3) is 6.08. The number of likely N-dealkylation sites (tertiary alicyclic amines) is 1. The van der Waals surface area contributed by atoms with Gasteiger partial charge in [0, 0.05) is 63.3 Å². The van der Waals surface area contributed by atoms with Crippen molar-refractivity contribution >= 4 is 23.3 Å². The Labute approximate surface area is 231 Å². The van der Waals surface area contributed by atoms with E-state index in [2.05, 4.69) is 33.6 Å². The van der Waals surface area contributed by atoms with Crippen LogP contribution in [0.2, 0.25) is 0 Å². The molecule has 5 rings (SSSR count). The van der Waals surface area contributed by atoms with Gasteiger partial charge in [-0.15, -0.1) is 0 Å². The van der Waals surface area contributed by atoms with Gasteiger partial charge in [0.1, 0.15) is 23.1 Å². The van der Waals surface area contributed by atoms with E-state index in [1.165, 1.54) is 12.8 Å². The Hall–Kier alpha value is -3.46. The maximum absolute atomic E-state index is 12.9. The van der Waals surface area contributed by atoms with E-state index < -0.39 is 0 Å². The highest BCUT2D eigenvalue weighted by Gasteiger charge is 2.35. The lowest BCUT2D eigenvalue weighted by molar-refractivity contribution is 0.0490. The number of benzene rings is 1. The lowest BCUT2D eigenvalue weighted by Gasteiger charge is -2.47. The van der Waals surface area contributed by atoms with Gasteiger partial charge >= 0.3 is 0 Å². The van der Waals surface area contributed by atoms with E-state index in [1.54, 1.807) is 24.3 Å². The van der Waals surface area contributed by atoms with Gasteiger partial charge in [-0.1, -0.05) is 13.5 Å². The predicted molar refractivity (Wildman–Crippen MR) is 155 cm³/mol. The first-order valence-corrected chi connectivity index (χ1v) is 14.2. The van der Waals surface area contributed by atoms with E-state index in [-0.39, 0.29) is 11.7 Å². The number of rotatable bonds is 7. The minimum Gasteiger partial charge on any atom is -0.508 e. The number of amidine groups is 1. The van der Waals surface area contributed by atoms with E-state index in [4.69, 9.17) is 9.97 Å². The quantitative estimate of drug-likeness (QED) is 0.415. The largest absolute Gasteiger partial charge is 0.508 e. The molecule has 208 valence electrons. The monoisotopic (exact) mass is 531 g/mol. The highest BCUT2D eigenvalue weighted by molar-refractivity contribution is 5.94. The molecule has 9 heteroatoms. The molecule has 1 amide bonds. The van der Waals surface area contributed by atoms with Crippen LogP contribution in [0.4, 0.5) is 5.82 Å². The molecule has 2 saturated heterocycles. The minimum absolute atomic E-state index is 0.0476. The molecule has 39 heavy (non-hydrogen) atoms. The Bertz CT molecular complexity index is 1220. The summed E-state index contributed by atoms with van der Waals surface area (Å²) in [6, 6.07) is 7.46. The average molecular weight is 532 g/mol. The number of phenolic OH excluding ortho intramolecular Hbond substituents is 1. The zero-order chi connectivity index (χ0) is 27.5. The van der Waals surface area contributed by atoms with Gasteiger partial charge in [-0.2, -0.15) is 0 Å². The molecule has 3 aliphatic rings. The van der Waals surface area contributed by atoms with Crippen molar-refractivity contribution in [1.82, 2.24) is 25.1 Å². The zero-order valence-corrected chi connectivity index (χ0v) is 23.4. The smallest absolute Gasteiger partial charge is 0.253 e. The Morgan fingerprint density at radius 1 is 1.13 bits per heavy atom. The average Bonchev–Trinajstić information content (AvgIpc) is 3.81. The molecular formula is C30H41N7O2. The van der Waals surface area contributed by atoms with Crippen LogP contribution in [0.3, 0.4) is 0 Å². The molecule has 2 N–H and O–H groups in total. The summed E-state index contributed by atoms with van der Waals surface area (Å²) >= 11 is 0. The molecule has 2 aliphatic heterocycles. The summed E-state index contributed by atoms with van der Waals surface area (Å²) in [6.45, 7) is 12.8. The number of piperazine rings is 1. The van der Waals surface area contributed by atoms with Crippen LogP contribution in [0.25, 0.3) is 5.70 Å². The summed E-state index contributed by atoms with van der Waals surface area (Å²) in [5, 5.41) is 12.9. The number of hydrogen-bond donors (Lipinski definition) is 2. The fraction of sp³-hybridized carbons (Fsp3) is 0.533. The van der Waals surface area contributed by atoms with Gasteiger partial charge in [-0.25, -0.2) is 9.97 Å². The van der Waals surface area contributed by atoms with Crippen molar-refractivity contribution in [1.29, 1.82) is 0 Å². The molecule has 0 spiro atoms. The summed E-state index contributed by atoms with van der Waals surface area (Å²) in [5.41, 5.74) is 3.06. The fourth-order valence-electron chi connectivity index (χ4n) is 5.94. The van der Waals surface area contributed by atoms with Gasteiger partial charge in [0.25, 0.3) is 5.91 Å². The maximum atomic E-state index is 12.9. The number of aryl methyl sites for hydroxylation is 1. The summed E-state index contributed by atoms with van der Waals surface area (Å²) in [6.07, 6.45) is 7.21. The van der Waals surface area contributed by atoms with Crippen LogP contribution in [0.1, 0.15) is 60.8 Å². The number of aromatic nitrogens is 2. The summed E-state index contributed by atoms with van der Waals surface area (Å²) in [5.74, 6) is 2.69. The fourth-order valence-corrected chi connectivity index (χ4v) is 5.94. The Morgan fingerprint density at radius 2 is 1.85 bits per heavy atom. The second-order valence-corrected chi connectivity index (χ2v) is 11.0. The standard InChI is InChI=1S/C30H41N7O2/c1-5-24-19-36(29-21(3)33-27(18-32-29)20(2)34-28(31-4)22-6-7-22)16-17-37(24)25-12-14-35(15-13-25)30(39)23-8-10-26(38)11-9-23/h8-11,18,22,24-25,38H,2,5-7,12-17,19H2,1,3-4H3,(H,31,34). The first-order chi connectivity index (χ1) is 18.9. The van der Waals surface area contributed by atoms with Crippen LogP contribution < -0.4 is 10.2 Å². The van der Waals surface area contributed by atoms with Crippen LogP contribution in [-0.2, 0) is 0 Å². The molecule has 3 heterocycles. The topological polar surface area (TPSA) is 97.2 Å². The van der Waals surface area contributed by atoms with Gasteiger partial charge in [0.2, 0.25) is 0 Å². The Balaban J connectivity index is 1.17. The van der Waals surface area contributed by atoms with E-state index in [0.29, 0.717) is 23.6 Å². The highest BCUT2D eigenvalue weighted by Crippen LogP contribution is 2.31. The number of aromatic hydroxyl groups is 1. The van der Waals surface area contributed by atoms with Crippen molar-refractivity contribution < 1.29 is 9.90 Å². The van der Waals surface area contributed by atoms with Crippen molar-refractivity contribution in [2.24, 2.45) is 10.9 Å². The summed E-state index contributed by atoms with van der Waals surface area (Å²) in [4.78, 5) is 33.9. The predicted octanol–water partition coefficient (Wildman–Crippen LogP) is 3.69. The van der Waals surface area contributed by atoms with E-state index >= 15 is 0 Å². The van der Waals surface area contributed by atoms with Crippen LogP contribution in [0.15, 0.2) is 42.0 Å². The molecule has 1 atom stereocenters. The lowest BCUT2D eigenvalue weighted by Crippen LogP contribution is -2.59. The van der Waals surface area contributed by atoms with Crippen molar-refractivity contribution in [3.8, 4) is 5.75 Å². The van der Waals surface area contributed by atoms with Crippen molar-refractivity contribution in [3.63, 3.8) is 0 Å². The number of hydrogen-bond acceptors (Lipinski definition) is 7. The number of carbonyl (C=O) groups excluding carboxylic acids is 1. The SMILES string of the molecule is C=C(NC(=NC)C1CC1)c1cnc(N2CCN(C3CCN(C(=O)c4ccc(O)cc4)CC3)C(CC)C2)c(C)n1. The second kappa shape index (κ2) is 11.7. The maximum Gasteiger partial charge on any atom is 0.253 e. The van der Waals surface area contributed by atoms with Crippen LogP contribution >= 0.6 is 0 Å². The molecule has 3 fully saturated rings. The molecule has 0 radical (unpaired) electrons. The molecule has 1 aromatic carbocycles. The first kappa shape index (κ1) is 27.1. The number of aliphatic imine (C=N–C) groups is 1. The van der Waals surface area contributed by atoms with Gasteiger partial charge in [0.05, 0.1) is 17.6 Å². The van der Waals surface area contributed by atoms with Gasteiger partial charge in [0.15, 0.2) is 0 Å². The third-order valence-electron chi connectivity index (χ3n) is 8.35. The molecule has 1 aromatic heterocycles. The number of piperidine rings is 1. The molecule has 0 bridgehead atoms. The number of nitrogens with zero attached hydrogens (tertiary/aromatic N) is 6.